The van der Waals surface area contributed by atoms with Crippen LogP contribution in [0.2, 0.25) is 0 Å². The molecule has 0 rings (SSSR count). The Morgan fingerprint density at radius 2 is 0.533 bits per heavy atom. The number of hydrogen-bond acceptors (Lipinski definition) is 15. The molecule has 0 spiro atoms. The van der Waals surface area contributed by atoms with E-state index in [2.05, 4.69) is 34.6 Å². The molecule has 17 nitrogen and oxygen atoms in total. The highest BCUT2D eigenvalue weighted by atomic mass is 31.2. The number of hydrogen-bond donors (Lipinski definition) is 3. The van der Waals surface area contributed by atoms with Crippen LogP contribution in [-0.4, -0.2) is 96.7 Å². The van der Waals surface area contributed by atoms with Gasteiger partial charge in [0, 0.05) is 25.7 Å². The first-order valence-electron chi connectivity index (χ1n) is 37.2. The van der Waals surface area contributed by atoms with Crippen LogP contribution in [-0.2, 0) is 65.4 Å². The summed E-state index contributed by atoms with van der Waals surface area (Å²) in [5.74, 6) is -1.31. The largest absolute Gasteiger partial charge is 0.472 e. The number of aliphatic hydroxyl groups is 1. The minimum absolute atomic E-state index is 0.107. The lowest BCUT2D eigenvalue weighted by atomic mass is 9.99. The summed E-state index contributed by atoms with van der Waals surface area (Å²) in [6.45, 7) is 7.28. The standard InChI is InChI=1S/C71H138O17P2/c1-6-10-13-16-19-22-25-26-27-28-30-37-42-47-52-57-71(76)88-67(61-82-69(74)55-50-45-40-35-32-31-33-38-43-48-53-64(5)9-4)63-86-90(79,80)84-59-65(72)58-83-89(77,78)85-62-66(60-81-68(73)54-49-44-39-34-24-21-18-15-12-8-3)87-70(75)56-51-46-41-36-29-23-20-17-14-11-7-2/h64-67,72H,6-63H2,1-5H3,(H,77,78)(H,79,80)/t64?,65-,66+,67+/m0/s1. The Morgan fingerprint density at radius 1 is 0.311 bits per heavy atom. The lowest BCUT2D eigenvalue weighted by molar-refractivity contribution is -0.161. The van der Waals surface area contributed by atoms with Crippen molar-refractivity contribution in [3.63, 3.8) is 0 Å². The third-order valence-electron chi connectivity index (χ3n) is 16.9. The molecule has 6 atom stereocenters. The molecule has 0 aliphatic heterocycles. The Balaban J connectivity index is 5.25. The molecule has 534 valence electrons. The van der Waals surface area contributed by atoms with Crippen LogP contribution in [0.15, 0.2) is 0 Å². The van der Waals surface area contributed by atoms with Crippen molar-refractivity contribution in [2.75, 3.05) is 39.6 Å². The van der Waals surface area contributed by atoms with Crippen molar-refractivity contribution >= 4 is 39.5 Å². The number of esters is 4. The number of phosphoric acid groups is 2. The van der Waals surface area contributed by atoms with Crippen molar-refractivity contribution in [1.82, 2.24) is 0 Å². The Morgan fingerprint density at radius 3 is 0.789 bits per heavy atom. The van der Waals surface area contributed by atoms with Gasteiger partial charge in [-0.05, 0) is 31.6 Å². The van der Waals surface area contributed by atoms with Crippen LogP contribution in [0.4, 0.5) is 0 Å². The zero-order valence-corrected chi connectivity index (χ0v) is 60.1. The third kappa shape index (κ3) is 63.5. The van der Waals surface area contributed by atoms with Crippen molar-refractivity contribution in [2.24, 2.45) is 5.92 Å². The molecule has 0 radical (unpaired) electrons. The Hall–Kier alpha value is -1.94. The van der Waals surface area contributed by atoms with Gasteiger partial charge in [0.15, 0.2) is 12.2 Å². The van der Waals surface area contributed by atoms with Crippen molar-refractivity contribution < 1.29 is 80.2 Å². The van der Waals surface area contributed by atoms with E-state index in [9.17, 15) is 43.2 Å². The molecule has 3 N–H and O–H groups in total. The number of rotatable bonds is 71. The van der Waals surface area contributed by atoms with Gasteiger partial charge < -0.3 is 33.8 Å². The second-order valence-corrected chi connectivity index (χ2v) is 28.8. The predicted octanol–water partition coefficient (Wildman–Crippen LogP) is 20.5. The lowest BCUT2D eigenvalue weighted by Gasteiger charge is -2.21. The average molecular weight is 1330 g/mol. The van der Waals surface area contributed by atoms with Gasteiger partial charge in [-0.2, -0.15) is 0 Å². The first kappa shape index (κ1) is 88.1. The lowest BCUT2D eigenvalue weighted by Crippen LogP contribution is -2.30. The maximum absolute atomic E-state index is 13.0. The summed E-state index contributed by atoms with van der Waals surface area (Å²) in [6.07, 6.45) is 51.1. The van der Waals surface area contributed by atoms with Crippen LogP contribution < -0.4 is 0 Å². The Labute approximate surface area is 549 Å². The van der Waals surface area contributed by atoms with Gasteiger partial charge in [-0.25, -0.2) is 9.13 Å². The van der Waals surface area contributed by atoms with Crippen LogP contribution in [0.3, 0.4) is 0 Å². The van der Waals surface area contributed by atoms with E-state index in [4.69, 9.17) is 37.0 Å². The first-order valence-corrected chi connectivity index (χ1v) is 40.2. The number of phosphoric ester groups is 2. The predicted molar refractivity (Wildman–Crippen MR) is 363 cm³/mol. The molecule has 90 heavy (non-hydrogen) atoms. The van der Waals surface area contributed by atoms with Crippen molar-refractivity contribution in [3.8, 4) is 0 Å². The number of unbranched alkanes of at least 4 members (excludes halogenated alkanes) is 42. The van der Waals surface area contributed by atoms with Crippen molar-refractivity contribution in [3.05, 3.63) is 0 Å². The normalized spacial score (nSPS) is 14.4. The third-order valence-corrected chi connectivity index (χ3v) is 18.8. The number of carbonyl (C=O) groups excluding carboxylic acids is 4. The van der Waals surface area contributed by atoms with Crippen LogP contribution in [0.1, 0.15) is 369 Å². The van der Waals surface area contributed by atoms with E-state index in [1.54, 1.807) is 0 Å². The van der Waals surface area contributed by atoms with Gasteiger partial charge >= 0.3 is 39.5 Å². The smallest absolute Gasteiger partial charge is 0.462 e. The van der Waals surface area contributed by atoms with Gasteiger partial charge in [0.2, 0.25) is 0 Å². The van der Waals surface area contributed by atoms with E-state index in [0.717, 1.165) is 95.8 Å². The van der Waals surface area contributed by atoms with Gasteiger partial charge in [-0.3, -0.25) is 37.3 Å². The molecular weight excluding hydrogens is 1190 g/mol. The summed E-state index contributed by atoms with van der Waals surface area (Å²) in [4.78, 5) is 72.6. The maximum Gasteiger partial charge on any atom is 0.472 e. The van der Waals surface area contributed by atoms with Gasteiger partial charge in [0.1, 0.15) is 19.3 Å². The fourth-order valence-electron chi connectivity index (χ4n) is 10.8. The molecule has 0 saturated carbocycles. The molecule has 0 heterocycles. The maximum atomic E-state index is 13.0. The molecule has 19 heteroatoms. The van der Waals surface area contributed by atoms with E-state index < -0.39 is 97.5 Å². The minimum Gasteiger partial charge on any atom is -0.462 e. The molecule has 0 amide bonds. The second kappa shape index (κ2) is 64.4. The quantitative estimate of drug-likeness (QED) is 0.0222. The fraction of sp³-hybridized carbons (Fsp3) is 0.944. The summed E-state index contributed by atoms with van der Waals surface area (Å²) in [6, 6.07) is 0. The Bertz CT molecular complexity index is 1740. The van der Waals surface area contributed by atoms with Crippen LogP contribution in [0.25, 0.3) is 0 Å². The van der Waals surface area contributed by atoms with E-state index in [1.165, 1.54) is 193 Å². The Kier molecular flexibility index (Phi) is 63.0. The monoisotopic (exact) mass is 1320 g/mol. The van der Waals surface area contributed by atoms with Gasteiger partial charge in [0.05, 0.1) is 26.4 Å². The van der Waals surface area contributed by atoms with Crippen LogP contribution in [0.5, 0.6) is 0 Å². The SMILES string of the molecule is CCCCCCCCCCCCCCCCCC(=O)O[C@H](COC(=O)CCCCCCCCCCCCC(C)CC)COP(=O)(O)OC[C@@H](O)COP(=O)(O)OC[C@@H](COC(=O)CCCCCCCCCCCC)OC(=O)CCCCCCCCCCCCC. The van der Waals surface area contributed by atoms with Crippen LogP contribution >= 0.6 is 15.6 Å². The fourth-order valence-corrected chi connectivity index (χ4v) is 12.4. The molecule has 0 aliphatic rings. The molecule has 0 saturated heterocycles. The zero-order chi connectivity index (χ0) is 66.3. The molecule has 0 aromatic rings. The van der Waals surface area contributed by atoms with Gasteiger partial charge in [-0.1, -0.05) is 317 Å². The zero-order valence-electron chi connectivity index (χ0n) is 58.3. The molecular formula is C71H138O17P2. The number of carbonyl (C=O) groups is 4. The summed E-state index contributed by atoms with van der Waals surface area (Å²) in [5, 5.41) is 10.6. The summed E-state index contributed by atoms with van der Waals surface area (Å²) < 4.78 is 68.3. The highest BCUT2D eigenvalue weighted by Gasteiger charge is 2.30. The molecule has 3 unspecified atom stereocenters. The van der Waals surface area contributed by atoms with E-state index in [1.807, 2.05) is 0 Å². The molecule has 0 fully saturated rings. The van der Waals surface area contributed by atoms with Crippen molar-refractivity contribution in [1.29, 1.82) is 0 Å². The molecule has 0 aromatic carbocycles. The van der Waals surface area contributed by atoms with Crippen molar-refractivity contribution in [2.45, 2.75) is 387 Å². The summed E-state index contributed by atoms with van der Waals surface area (Å²) in [7, 11) is -9.90. The summed E-state index contributed by atoms with van der Waals surface area (Å²) in [5.41, 5.74) is 0. The highest BCUT2D eigenvalue weighted by Crippen LogP contribution is 2.45. The topological polar surface area (TPSA) is 237 Å². The van der Waals surface area contributed by atoms with Gasteiger partial charge in [0.25, 0.3) is 0 Å². The molecule has 0 aliphatic carbocycles. The minimum atomic E-state index is -4.95. The number of ether oxygens (including phenoxy) is 4. The average Bonchev–Trinajstić information content (AvgIpc) is 3.68. The molecule has 0 bridgehead atoms. The van der Waals surface area contributed by atoms with Gasteiger partial charge in [-0.15, -0.1) is 0 Å². The second-order valence-electron chi connectivity index (χ2n) is 25.9. The van der Waals surface area contributed by atoms with E-state index in [0.29, 0.717) is 25.7 Å². The number of aliphatic hydroxyl groups excluding tert-OH is 1. The van der Waals surface area contributed by atoms with Crippen LogP contribution in [0, 0.1) is 5.92 Å². The van der Waals surface area contributed by atoms with E-state index in [-0.39, 0.29) is 25.7 Å². The highest BCUT2D eigenvalue weighted by molar-refractivity contribution is 7.47. The molecule has 0 aromatic heterocycles. The summed E-state index contributed by atoms with van der Waals surface area (Å²) >= 11 is 0. The van der Waals surface area contributed by atoms with E-state index >= 15 is 0 Å². The first-order chi connectivity index (χ1) is 43.6.